The number of rotatable bonds is 2. The normalized spacial score (nSPS) is 11.2. The maximum Gasteiger partial charge on any atom is 0.259 e. The molecular formula is C17H12BrN3O2. The predicted octanol–water partition coefficient (Wildman–Crippen LogP) is 3.84. The molecule has 0 amide bonds. The minimum atomic E-state index is -0.180. The van der Waals surface area contributed by atoms with Crippen molar-refractivity contribution in [3.63, 3.8) is 0 Å². The molecule has 2 aromatic heterocycles. The van der Waals surface area contributed by atoms with Crippen molar-refractivity contribution in [2.24, 2.45) is 0 Å². The van der Waals surface area contributed by atoms with Crippen LogP contribution in [0.1, 0.15) is 0 Å². The zero-order chi connectivity index (χ0) is 16.0. The second-order valence-electron chi connectivity index (χ2n) is 5.21. The Balaban J connectivity index is 1.95. The van der Waals surface area contributed by atoms with Gasteiger partial charge in [0, 0.05) is 15.4 Å². The Labute approximate surface area is 139 Å². The first-order valence-corrected chi connectivity index (χ1v) is 7.80. The first-order chi connectivity index (χ1) is 11.1. The van der Waals surface area contributed by atoms with E-state index in [4.69, 9.17) is 4.74 Å². The van der Waals surface area contributed by atoms with Crippen molar-refractivity contribution in [1.82, 2.24) is 15.0 Å². The van der Waals surface area contributed by atoms with Gasteiger partial charge in [0.05, 0.1) is 23.7 Å². The van der Waals surface area contributed by atoms with Gasteiger partial charge >= 0.3 is 0 Å². The largest absolute Gasteiger partial charge is 0.497 e. The molecule has 0 fully saturated rings. The first-order valence-electron chi connectivity index (χ1n) is 7.01. The van der Waals surface area contributed by atoms with Gasteiger partial charge in [-0.15, -0.1) is 0 Å². The Hall–Kier alpha value is -2.60. The minimum absolute atomic E-state index is 0.180. The van der Waals surface area contributed by atoms with Gasteiger partial charge < -0.3 is 14.7 Å². The summed E-state index contributed by atoms with van der Waals surface area (Å²) in [7, 11) is 1.62. The van der Waals surface area contributed by atoms with Gasteiger partial charge in [-0.1, -0.05) is 15.9 Å². The summed E-state index contributed by atoms with van der Waals surface area (Å²) >= 11 is 3.43. The van der Waals surface area contributed by atoms with Crippen LogP contribution in [0.25, 0.3) is 33.3 Å². The van der Waals surface area contributed by atoms with Crippen molar-refractivity contribution in [1.29, 1.82) is 0 Å². The van der Waals surface area contributed by atoms with Crippen LogP contribution in [0.15, 0.2) is 51.7 Å². The number of hydrogen-bond acceptors (Lipinski definition) is 3. The molecule has 4 rings (SSSR count). The molecule has 0 spiro atoms. The number of benzene rings is 2. The van der Waals surface area contributed by atoms with E-state index in [0.717, 1.165) is 32.2 Å². The summed E-state index contributed by atoms with van der Waals surface area (Å²) in [6, 6.07) is 13.1. The lowest BCUT2D eigenvalue weighted by Crippen LogP contribution is -2.09. The Morgan fingerprint density at radius 1 is 1.04 bits per heavy atom. The molecule has 0 saturated carbocycles. The number of nitrogens with zero attached hydrogens (tertiary/aromatic N) is 1. The third-order valence-electron chi connectivity index (χ3n) is 3.75. The fraction of sp³-hybridized carbons (Fsp3) is 0.0588. The molecule has 4 aromatic rings. The van der Waals surface area contributed by atoms with Crippen LogP contribution >= 0.6 is 15.9 Å². The van der Waals surface area contributed by atoms with E-state index in [-0.39, 0.29) is 5.56 Å². The molecule has 0 atom stereocenters. The molecule has 0 bridgehead atoms. The molecule has 114 valence electrons. The average Bonchev–Trinajstić information content (AvgIpc) is 2.96. The van der Waals surface area contributed by atoms with E-state index >= 15 is 0 Å². The van der Waals surface area contributed by atoms with Gasteiger partial charge in [0.1, 0.15) is 11.6 Å². The Bertz CT molecular complexity index is 1100. The third-order valence-corrected chi connectivity index (χ3v) is 4.24. The molecule has 0 aliphatic carbocycles. The van der Waals surface area contributed by atoms with Crippen LogP contribution in [0.2, 0.25) is 0 Å². The highest BCUT2D eigenvalue weighted by Gasteiger charge is 2.11. The molecule has 2 heterocycles. The van der Waals surface area contributed by atoms with Gasteiger partial charge in [-0.3, -0.25) is 4.79 Å². The van der Waals surface area contributed by atoms with Gasteiger partial charge in [0.25, 0.3) is 5.56 Å². The molecule has 2 N–H and O–H groups in total. The molecule has 6 heteroatoms. The van der Waals surface area contributed by atoms with E-state index in [2.05, 4.69) is 30.9 Å². The number of imidazole rings is 1. The number of fused-ring (bicyclic) bond motifs is 2. The summed E-state index contributed by atoms with van der Waals surface area (Å²) in [6.45, 7) is 0. The van der Waals surface area contributed by atoms with Crippen LogP contribution < -0.4 is 10.3 Å². The zero-order valence-corrected chi connectivity index (χ0v) is 13.8. The molecule has 5 nitrogen and oxygen atoms in total. The number of halogens is 1. The smallest absolute Gasteiger partial charge is 0.259 e. The molecule has 23 heavy (non-hydrogen) atoms. The van der Waals surface area contributed by atoms with E-state index in [0.29, 0.717) is 11.4 Å². The second-order valence-corrected chi connectivity index (χ2v) is 6.13. The summed E-state index contributed by atoms with van der Waals surface area (Å²) in [5, 5.41) is 0.889. The highest BCUT2D eigenvalue weighted by atomic mass is 79.9. The Kier molecular flexibility index (Phi) is 3.20. The van der Waals surface area contributed by atoms with Gasteiger partial charge in [-0.05, 0) is 42.5 Å². The minimum Gasteiger partial charge on any atom is -0.497 e. The van der Waals surface area contributed by atoms with Crippen LogP contribution in [0.3, 0.4) is 0 Å². The first kappa shape index (κ1) is 14.0. The van der Waals surface area contributed by atoms with Gasteiger partial charge in [0.2, 0.25) is 0 Å². The number of aromatic nitrogens is 3. The van der Waals surface area contributed by atoms with Crippen LogP contribution in [-0.4, -0.2) is 22.1 Å². The quantitative estimate of drug-likeness (QED) is 0.563. The maximum atomic E-state index is 12.4. The van der Waals surface area contributed by atoms with E-state index in [9.17, 15) is 4.79 Å². The molecular weight excluding hydrogens is 358 g/mol. The summed E-state index contributed by atoms with van der Waals surface area (Å²) in [6.07, 6.45) is 0. The fourth-order valence-corrected chi connectivity index (χ4v) is 2.96. The third kappa shape index (κ3) is 2.41. The van der Waals surface area contributed by atoms with Gasteiger partial charge in [-0.25, -0.2) is 4.98 Å². The van der Waals surface area contributed by atoms with E-state index in [1.807, 2.05) is 42.5 Å². The standard InChI is InChI=1S/C17H12BrN3O2/c1-23-11-3-5-13-9(6-11)7-12(17(22)21-13)16-19-14-4-2-10(18)8-15(14)20-16/h2-8H,1H3,(H,19,20)(H,21,22). The van der Waals surface area contributed by atoms with Crippen molar-refractivity contribution in [3.8, 4) is 17.1 Å². The lowest BCUT2D eigenvalue weighted by atomic mass is 10.1. The number of aromatic amines is 2. The van der Waals surface area contributed by atoms with Crippen LogP contribution in [0, 0.1) is 0 Å². The van der Waals surface area contributed by atoms with Crippen molar-refractivity contribution >= 4 is 37.9 Å². The zero-order valence-electron chi connectivity index (χ0n) is 12.2. The second kappa shape index (κ2) is 5.24. The molecule has 2 aromatic carbocycles. The number of H-pyrrole nitrogens is 2. The lowest BCUT2D eigenvalue weighted by molar-refractivity contribution is 0.415. The monoisotopic (exact) mass is 369 g/mol. The number of ether oxygens (including phenoxy) is 1. The van der Waals surface area contributed by atoms with Gasteiger partial charge in [-0.2, -0.15) is 0 Å². The summed E-state index contributed by atoms with van der Waals surface area (Å²) in [4.78, 5) is 23.0. The number of hydrogen-bond donors (Lipinski definition) is 2. The van der Waals surface area contributed by atoms with E-state index < -0.39 is 0 Å². The van der Waals surface area contributed by atoms with Crippen LogP contribution in [0.4, 0.5) is 0 Å². The highest BCUT2D eigenvalue weighted by Crippen LogP contribution is 2.24. The summed E-state index contributed by atoms with van der Waals surface area (Å²) in [5.41, 5.74) is 2.77. The van der Waals surface area contributed by atoms with Crippen LogP contribution in [0.5, 0.6) is 5.75 Å². The average molecular weight is 370 g/mol. The molecule has 0 saturated heterocycles. The molecule has 0 aliphatic heterocycles. The molecule has 0 aliphatic rings. The van der Waals surface area contributed by atoms with E-state index in [1.54, 1.807) is 7.11 Å². The summed E-state index contributed by atoms with van der Waals surface area (Å²) in [5.74, 6) is 1.29. The number of nitrogens with one attached hydrogen (secondary N) is 2. The Morgan fingerprint density at radius 3 is 2.74 bits per heavy atom. The molecule has 0 unspecified atom stereocenters. The summed E-state index contributed by atoms with van der Waals surface area (Å²) < 4.78 is 6.19. The van der Waals surface area contributed by atoms with Crippen molar-refractivity contribution in [3.05, 3.63) is 57.3 Å². The van der Waals surface area contributed by atoms with Crippen molar-refractivity contribution in [2.75, 3.05) is 7.11 Å². The van der Waals surface area contributed by atoms with E-state index in [1.165, 1.54) is 0 Å². The topological polar surface area (TPSA) is 70.8 Å². The SMILES string of the molecule is COc1ccc2[nH]c(=O)c(-c3nc4ccc(Br)cc4[nH]3)cc2c1. The number of pyridine rings is 1. The number of methoxy groups -OCH3 is 1. The highest BCUT2D eigenvalue weighted by molar-refractivity contribution is 9.10. The van der Waals surface area contributed by atoms with Crippen molar-refractivity contribution < 1.29 is 4.74 Å². The van der Waals surface area contributed by atoms with Gasteiger partial charge in [0.15, 0.2) is 0 Å². The van der Waals surface area contributed by atoms with Crippen molar-refractivity contribution in [2.45, 2.75) is 0 Å². The fourth-order valence-electron chi connectivity index (χ4n) is 2.60. The maximum absolute atomic E-state index is 12.4. The molecule has 0 radical (unpaired) electrons. The predicted molar refractivity (Wildman–Crippen MR) is 93.9 cm³/mol. The lowest BCUT2D eigenvalue weighted by Gasteiger charge is -2.04. The Morgan fingerprint density at radius 2 is 1.91 bits per heavy atom. The van der Waals surface area contributed by atoms with Crippen LogP contribution in [-0.2, 0) is 0 Å².